The Balaban J connectivity index is 2.07. The van der Waals surface area contributed by atoms with Crippen LogP contribution in [0, 0.1) is 0 Å². The van der Waals surface area contributed by atoms with Gasteiger partial charge in [-0.15, -0.1) is 0 Å². The number of methoxy groups -OCH3 is 1. The Morgan fingerprint density at radius 3 is 2.07 bits per heavy atom. The van der Waals surface area contributed by atoms with E-state index in [-0.39, 0.29) is 27.5 Å². The van der Waals surface area contributed by atoms with E-state index in [2.05, 4.69) is 31.6 Å². The van der Waals surface area contributed by atoms with Crippen LogP contribution in [0.15, 0.2) is 36.4 Å². The van der Waals surface area contributed by atoms with Crippen molar-refractivity contribution in [2.45, 2.75) is 26.2 Å². The van der Waals surface area contributed by atoms with Crippen LogP contribution in [0.3, 0.4) is 0 Å². The average molecular weight is 434 g/mol. The highest BCUT2D eigenvalue weighted by atomic mass is 35.5. The first kappa shape index (κ1) is 23.0. The van der Waals surface area contributed by atoms with Crippen molar-refractivity contribution in [2.24, 2.45) is 5.73 Å². The summed E-state index contributed by atoms with van der Waals surface area (Å²) in [6.45, 7) is 5.83. The van der Waals surface area contributed by atoms with E-state index in [1.807, 2.05) is 12.1 Å². The van der Waals surface area contributed by atoms with E-state index in [4.69, 9.17) is 26.8 Å². The topological polar surface area (TPSA) is 120 Å². The van der Waals surface area contributed by atoms with E-state index >= 15 is 0 Å². The second-order valence-electron chi connectivity index (χ2n) is 7.48. The molecule has 9 heteroatoms. The molecule has 160 valence electrons. The lowest BCUT2D eigenvalue weighted by atomic mass is 9.87. The fourth-order valence-electron chi connectivity index (χ4n) is 2.51. The maximum Gasteiger partial charge on any atom is 0.269 e. The van der Waals surface area contributed by atoms with Gasteiger partial charge in [0.05, 0.1) is 12.1 Å². The average Bonchev–Trinajstić information content (AvgIpc) is 2.69. The van der Waals surface area contributed by atoms with Gasteiger partial charge in [0.25, 0.3) is 17.7 Å². The van der Waals surface area contributed by atoms with Gasteiger partial charge < -0.3 is 15.2 Å². The molecule has 2 aromatic rings. The number of nitrogens with one attached hydrogen (secondary N) is 2. The Hall–Kier alpha value is -3.26. The van der Waals surface area contributed by atoms with Crippen LogP contribution in [0.25, 0.3) is 0 Å². The number of halogens is 1. The first-order chi connectivity index (χ1) is 14.0. The van der Waals surface area contributed by atoms with Gasteiger partial charge in [-0.1, -0.05) is 44.5 Å². The summed E-state index contributed by atoms with van der Waals surface area (Å²) in [5.41, 5.74) is 11.3. The largest absolute Gasteiger partial charge is 0.493 e. The van der Waals surface area contributed by atoms with Crippen LogP contribution in [-0.2, 0) is 10.2 Å². The molecule has 8 nitrogen and oxygen atoms in total. The Kier molecular flexibility index (Phi) is 7.28. The molecule has 0 aromatic heterocycles. The zero-order valence-corrected chi connectivity index (χ0v) is 17.9. The number of rotatable bonds is 6. The summed E-state index contributed by atoms with van der Waals surface area (Å²) >= 11 is 6.13. The zero-order valence-electron chi connectivity index (χ0n) is 17.2. The lowest BCUT2D eigenvalue weighted by molar-refractivity contribution is -0.119. The third-order valence-corrected chi connectivity index (χ3v) is 4.43. The number of amides is 3. The summed E-state index contributed by atoms with van der Waals surface area (Å²) in [5, 5.41) is 0.0462. The minimum atomic E-state index is -0.687. The summed E-state index contributed by atoms with van der Waals surface area (Å²) in [7, 11) is 1.35. The number of carbonyl (C=O) groups excluding carboxylic acids is 3. The van der Waals surface area contributed by atoms with Crippen molar-refractivity contribution < 1.29 is 23.9 Å². The van der Waals surface area contributed by atoms with Crippen molar-refractivity contribution in [3.63, 3.8) is 0 Å². The molecule has 0 bridgehead atoms. The molecular weight excluding hydrogens is 410 g/mol. The Bertz CT molecular complexity index is 952. The maximum absolute atomic E-state index is 12.4. The van der Waals surface area contributed by atoms with Gasteiger partial charge in [0.2, 0.25) is 0 Å². The molecule has 0 spiro atoms. The monoisotopic (exact) mass is 433 g/mol. The second-order valence-corrected chi connectivity index (χ2v) is 7.89. The molecule has 0 radical (unpaired) electrons. The van der Waals surface area contributed by atoms with Gasteiger partial charge in [-0.05, 0) is 35.2 Å². The summed E-state index contributed by atoms with van der Waals surface area (Å²) in [6, 6.07) is 9.79. The van der Waals surface area contributed by atoms with E-state index < -0.39 is 24.3 Å². The van der Waals surface area contributed by atoms with Gasteiger partial charge in [-0.25, -0.2) is 0 Å². The van der Waals surface area contributed by atoms with Crippen LogP contribution >= 0.6 is 11.6 Å². The van der Waals surface area contributed by atoms with Crippen molar-refractivity contribution in [1.82, 2.24) is 10.9 Å². The van der Waals surface area contributed by atoms with E-state index in [1.165, 1.54) is 19.2 Å². The highest BCUT2D eigenvalue weighted by Gasteiger charge is 2.18. The van der Waals surface area contributed by atoms with Gasteiger partial charge >= 0.3 is 0 Å². The van der Waals surface area contributed by atoms with Crippen molar-refractivity contribution >= 4 is 29.3 Å². The second kappa shape index (κ2) is 9.49. The van der Waals surface area contributed by atoms with Gasteiger partial charge in [0, 0.05) is 11.1 Å². The number of benzene rings is 2. The Labute approximate surface area is 179 Å². The van der Waals surface area contributed by atoms with Gasteiger partial charge in [0.1, 0.15) is 0 Å². The molecule has 0 aliphatic rings. The zero-order chi connectivity index (χ0) is 22.5. The first-order valence-electron chi connectivity index (χ1n) is 9.02. The maximum atomic E-state index is 12.4. The third-order valence-electron chi connectivity index (χ3n) is 4.15. The van der Waals surface area contributed by atoms with Gasteiger partial charge in [-0.3, -0.25) is 25.2 Å². The van der Waals surface area contributed by atoms with Crippen molar-refractivity contribution in [3.05, 3.63) is 58.1 Å². The number of ether oxygens (including phenoxy) is 2. The fourth-order valence-corrected chi connectivity index (χ4v) is 2.78. The number of nitrogens with two attached hydrogens (primary N) is 1. The lowest BCUT2D eigenvalue weighted by Crippen LogP contribution is -2.41. The van der Waals surface area contributed by atoms with Crippen molar-refractivity contribution in [3.8, 4) is 11.5 Å². The number of hydrogen-bond acceptors (Lipinski definition) is 5. The van der Waals surface area contributed by atoms with Gasteiger partial charge in [0.15, 0.2) is 18.1 Å². The Morgan fingerprint density at radius 2 is 1.57 bits per heavy atom. The van der Waals surface area contributed by atoms with Crippen LogP contribution in [-0.4, -0.2) is 31.4 Å². The fraction of sp³-hybridized carbons (Fsp3) is 0.286. The van der Waals surface area contributed by atoms with Crippen LogP contribution in [0.1, 0.15) is 47.1 Å². The molecule has 0 saturated carbocycles. The van der Waals surface area contributed by atoms with Gasteiger partial charge in [-0.2, -0.15) is 0 Å². The minimum Gasteiger partial charge on any atom is -0.493 e. The molecule has 30 heavy (non-hydrogen) atoms. The highest BCUT2D eigenvalue weighted by molar-refractivity contribution is 6.32. The minimum absolute atomic E-state index is 0.0329. The number of carbonyl (C=O) groups is 3. The standard InChI is InChI=1S/C21H24ClN3O5/c1-21(2,3)14-7-5-12(6-8-14)19(27)24-25-20(28)13-9-15(22)18(16(10-13)29-4)30-11-17(23)26/h5-10H,11H2,1-4H3,(H2,23,26)(H,24,27)(H,25,28). The highest BCUT2D eigenvalue weighted by Crippen LogP contribution is 2.36. The SMILES string of the molecule is COc1cc(C(=O)NNC(=O)c2ccc(C(C)(C)C)cc2)cc(Cl)c1OCC(N)=O. The molecule has 0 unspecified atom stereocenters. The lowest BCUT2D eigenvalue weighted by Gasteiger charge is -2.19. The molecule has 2 aromatic carbocycles. The Morgan fingerprint density at radius 1 is 1.00 bits per heavy atom. The normalized spacial score (nSPS) is 10.8. The van der Waals surface area contributed by atoms with E-state index in [9.17, 15) is 14.4 Å². The molecule has 4 N–H and O–H groups in total. The van der Waals surface area contributed by atoms with Crippen LogP contribution in [0.4, 0.5) is 0 Å². The number of hydrogen-bond donors (Lipinski definition) is 3. The molecule has 0 heterocycles. The summed E-state index contributed by atoms with van der Waals surface area (Å²) in [6.07, 6.45) is 0. The predicted molar refractivity (Wildman–Crippen MR) is 113 cm³/mol. The molecule has 0 aliphatic carbocycles. The van der Waals surface area contributed by atoms with Crippen LogP contribution in [0.2, 0.25) is 5.02 Å². The molecule has 0 fully saturated rings. The summed E-state index contributed by atoms with van der Waals surface area (Å²) in [5.74, 6) is -1.55. The van der Waals surface area contributed by atoms with Crippen molar-refractivity contribution in [2.75, 3.05) is 13.7 Å². The summed E-state index contributed by atoms with van der Waals surface area (Å²) in [4.78, 5) is 35.6. The summed E-state index contributed by atoms with van der Waals surface area (Å²) < 4.78 is 10.4. The molecule has 0 saturated heterocycles. The first-order valence-corrected chi connectivity index (χ1v) is 9.40. The molecule has 3 amide bonds. The van der Waals surface area contributed by atoms with Crippen LogP contribution in [0.5, 0.6) is 11.5 Å². The quantitative estimate of drug-likeness (QED) is 0.605. The third kappa shape index (κ3) is 5.87. The molecular formula is C21H24ClN3O5. The van der Waals surface area contributed by atoms with E-state index in [0.717, 1.165) is 5.56 Å². The number of hydrazine groups is 1. The van der Waals surface area contributed by atoms with Crippen molar-refractivity contribution in [1.29, 1.82) is 0 Å². The smallest absolute Gasteiger partial charge is 0.269 e. The molecule has 0 aliphatic heterocycles. The predicted octanol–water partition coefficient (Wildman–Crippen LogP) is 2.58. The van der Waals surface area contributed by atoms with Crippen LogP contribution < -0.4 is 26.1 Å². The molecule has 0 atom stereocenters. The van der Waals surface area contributed by atoms with E-state index in [0.29, 0.717) is 5.56 Å². The number of primary amides is 1. The van der Waals surface area contributed by atoms with E-state index in [1.54, 1.807) is 12.1 Å². The molecule has 2 rings (SSSR count).